The first-order chi connectivity index (χ1) is 66.8. The fraction of sp³-hybridized carbons (Fsp3) is 0.311. The molecule has 10 aromatic rings. The minimum absolute atomic E-state index is 0.0146. The van der Waals surface area contributed by atoms with Crippen molar-refractivity contribution < 1.29 is 102 Å². The van der Waals surface area contributed by atoms with Crippen molar-refractivity contribution in [3.05, 3.63) is 338 Å². The Morgan fingerprint density at radius 1 is 0.336 bits per heavy atom. The Bertz CT molecular complexity index is 6210. The Kier molecular flexibility index (Phi) is 34.3. The lowest BCUT2D eigenvalue weighted by Crippen LogP contribution is -2.54. The number of nitrogens with two attached hydrogens (primary N) is 1. The fourth-order valence-corrected chi connectivity index (χ4v) is 17.9. The van der Waals surface area contributed by atoms with E-state index in [1.807, 2.05) is 212 Å². The maximum Gasteiger partial charge on any atom is 0.349 e. The molecule has 4 saturated carbocycles. The average molecular weight is 2160 g/mol. The van der Waals surface area contributed by atoms with Gasteiger partial charge in [-0.25, -0.2) is 4.79 Å². The van der Waals surface area contributed by atoms with Crippen LogP contribution in [-0.2, 0) is 151 Å². The normalized spacial score (nSPS) is 16.9. The number of nitrogens with zero attached hydrogens (tertiary/aromatic N) is 5. The van der Waals surface area contributed by atoms with Gasteiger partial charge >= 0.3 is 29.8 Å². The van der Waals surface area contributed by atoms with Crippen molar-refractivity contribution in [2.24, 2.45) is 5.73 Å². The van der Waals surface area contributed by atoms with Crippen LogP contribution in [0.2, 0.25) is 0 Å². The van der Waals surface area contributed by atoms with Crippen molar-refractivity contribution in [3.63, 3.8) is 0 Å². The molecule has 0 radical (unpaired) electrons. The number of halogens is 4. The average Bonchev–Trinajstić information content (AvgIpc) is 1.61. The molecule has 140 heavy (non-hydrogen) atoms. The Hall–Kier alpha value is -13.0. The van der Waals surface area contributed by atoms with Gasteiger partial charge in [-0.05, 0) is 202 Å². The van der Waals surface area contributed by atoms with E-state index in [0.29, 0.717) is 57.7 Å². The number of ether oxygens (including phenoxy) is 4. The highest BCUT2D eigenvalue weighted by Crippen LogP contribution is 2.49. The molecule has 18 rings (SSSR count). The Morgan fingerprint density at radius 2 is 0.593 bits per heavy atom. The predicted octanol–water partition coefficient (Wildman–Crippen LogP) is 13.0. The monoisotopic (exact) mass is 2160 g/mol. The van der Waals surface area contributed by atoms with Crippen LogP contribution in [0.4, 0.5) is 0 Å². The molecule has 4 fully saturated rings. The number of carboxylic acid groups (broad SMARTS) is 1. The number of carboxylic acids is 1. The summed E-state index contributed by atoms with van der Waals surface area (Å²) in [7, 11) is 0. The zero-order valence-corrected chi connectivity index (χ0v) is 83.5. The summed E-state index contributed by atoms with van der Waals surface area (Å²) in [5.41, 5.74) is 20.3. The number of fused-ring (bicyclic) bond motifs is 4. The summed E-state index contributed by atoms with van der Waals surface area (Å²) in [5.74, 6) is -9.60. The maximum absolute atomic E-state index is 13.4. The molecule has 4 aliphatic carbocycles. The van der Waals surface area contributed by atoms with Crippen LogP contribution < -0.4 is 21.7 Å². The number of aliphatic hydroxyl groups excluding tert-OH is 4. The lowest BCUT2D eigenvalue weighted by Gasteiger charge is -2.29. The molecule has 0 saturated heterocycles. The van der Waals surface area contributed by atoms with Gasteiger partial charge in [0.1, 0.15) is 0 Å². The second kappa shape index (κ2) is 46.0. The minimum atomic E-state index is -1.90. The number of carbonyl (C=O) groups excluding carboxylic acids is 11. The molecule has 10 aromatic carbocycles. The number of aliphatic hydroxyl groups is 4. The summed E-state index contributed by atoms with van der Waals surface area (Å²) >= 11 is 13.4. The Labute approximate surface area is 842 Å². The van der Waals surface area contributed by atoms with Gasteiger partial charge < -0.3 is 85.8 Å². The lowest BCUT2D eigenvalue weighted by molar-refractivity contribution is -0.183. The number of hydrogen-bond acceptors (Lipinski definition) is 22. The molecule has 8 aliphatic rings. The third-order valence-corrected chi connectivity index (χ3v) is 27.3. The number of nitriles is 1. The van der Waals surface area contributed by atoms with Crippen molar-refractivity contribution in [1.82, 2.24) is 35.6 Å². The molecule has 34 heteroatoms. The van der Waals surface area contributed by atoms with Gasteiger partial charge in [-0.3, -0.25) is 52.7 Å². The van der Waals surface area contributed by atoms with E-state index in [1.165, 1.54) is 30.7 Å². The number of carbonyl (C=O) groups is 12. The SMILES string of the molecule is CC(=O)O[C@@H](C(=O)NC1(c2ccc(Br)cc2)CC1)[C@@H](OC(C)=O)C(=O)N1Cc2ccccc2C1.CC(=O)O[C@@H](C(=O)O)[C@@H](OC(C)=O)C(=O)N1Cc2ccccc2C1.Cc1ccccc1-c1ccc(C2(NC(=O)[C@H](O)[C@@H](O)C(=O)N3Cc4ccccc4C3)CC2)cc1.N#Cc1ccc(Br)cc1.NC1(c2ccc(Br)cc2)CC1.O=C(NC1(c2ccc(Br)cc2)CC1)[C@H](O)[C@@H](O)C(=O)N1Cc2ccccc2C1. The molecule has 8 atom stereocenters. The van der Waals surface area contributed by atoms with Crippen molar-refractivity contribution in [2.45, 2.75) is 209 Å². The van der Waals surface area contributed by atoms with Crippen LogP contribution >= 0.6 is 63.7 Å². The molecule has 0 bridgehead atoms. The lowest BCUT2D eigenvalue weighted by atomic mass is 9.96. The van der Waals surface area contributed by atoms with E-state index >= 15 is 0 Å². The molecule has 4 aliphatic heterocycles. The van der Waals surface area contributed by atoms with Gasteiger partial charge in [0.05, 0.1) is 28.2 Å². The van der Waals surface area contributed by atoms with E-state index in [9.17, 15) is 83.1 Å². The van der Waals surface area contributed by atoms with Gasteiger partial charge in [0, 0.05) is 103 Å². The maximum atomic E-state index is 13.4. The molecule has 728 valence electrons. The van der Waals surface area contributed by atoms with E-state index in [-0.39, 0.29) is 18.6 Å². The second-order valence-electron chi connectivity index (χ2n) is 35.5. The number of esters is 4. The third kappa shape index (κ3) is 26.6. The van der Waals surface area contributed by atoms with E-state index in [4.69, 9.17) is 25.2 Å². The third-order valence-electron chi connectivity index (χ3n) is 25.2. The van der Waals surface area contributed by atoms with Gasteiger partial charge in [0.2, 0.25) is 24.4 Å². The number of hydrogen-bond donors (Lipinski definition) is 9. The smallest absolute Gasteiger partial charge is 0.349 e. The first kappa shape index (κ1) is 104. The van der Waals surface area contributed by atoms with Crippen molar-refractivity contribution >= 4 is 135 Å². The molecular formula is C106H105Br4N9O21. The van der Waals surface area contributed by atoms with Gasteiger partial charge in [-0.15, -0.1) is 0 Å². The van der Waals surface area contributed by atoms with Gasteiger partial charge in [0.25, 0.3) is 41.4 Å². The van der Waals surface area contributed by atoms with Gasteiger partial charge in [-0.1, -0.05) is 246 Å². The summed E-state index contributed by atoms with van der Waals surface area (Å²) in [6, 6.07) is 79.1. The Morgan fingerprint density at radius 3 is 0.879 bits per heavy atom. The second-order valence-corrected chi connectivity index (χ2v) is 39.2. The molecule has 4 heterocycles. The quantitative estimate of drug-likeness (QED) is 0.0200. The van der Waals surface area contributed by atoms with Crippen LogP contribution in [0.15, 0.2) is 261 Å². The summed E-state index contributed by atoms with van der Waals surface area (Å²) < 4.78 is 24.1. The summed E-state index contributed by atoms with van der Waals surface area (Å²) in [5, 5.41) is 67.8. The van der Waals surface area contributed by atoms with Gasteiger partial charge in [-0.2, -0.15) is 5.26 Å². The van der Waals surface area contributed by atoms with Crippen molar-refractivity contribution in [2.75, 3.05) is 0 Å². The highest BCUT2D eigenvalue weighted by atomic mass is 79.9. The van der Waals surface area contributed by atoms with Crippen LogP contribution in [0.3, 0.4) is 0 Å². The number of benzene rings is 10. The molecule has 30 nitrogen and oxygen atoms in total. The standard InChI is InChI=1S/C28H28N2O4.C25H25BrN2O6.C21H21BrN2O4.C16H17NO7.C9H10BrN.C7H4BrN/c1-18-6-2-5-9-23(18)19-10-12-22(13-11-19)28(14-15-28)29-26(33)24(31)25(32)27(34)30-16-20-7-3-4-8-21(20)17-30;1-15(29)33-21(23(31)27-25(11-12-25)19-7-9-20(26)10-8-19)22(34-16(2)30)24(32)28-13-17-5-3-4-6-18(17)14-28;22-16-7-5-15(6-8-16)21(9-10-21)23-19(27)17(25)18(26)20(28)24-11-13-3-1-2-4-14(13)12-24;1-9(18)23-13(14(16(21)22)24-10(2)19)15(20)17-7-11-5-3-4-6-12(11)8-17;10-8-3-1-7(2-4-8)9(11)5-6-9;8-7-3-1-6(5-9)2-4-7/h2-13,24-25,31-32H,14-17H2,1H3,(H,29,33);3-10,21-22H,11-14H2,1-2H3,(H,27,31);1-8,17-18,25-26H,9-12H2,(H,23,27);3-6,13-14H,7-8H2,1-2H3,(H,21,22);1-4H,5-6,11H2;1-4H/t24-,25-;21-,22-;17-,18-;13-,14-;;/m1111../s1. The highest BCUT2D eigenvalue weighted by molar-refractivity contribution is 9.11. The minimum Gasteiger partial charge on any atom is -0.478 e. The highest BCUT2D eigenvalue weighted by Gasteiger charge is 2.53. The van der Waals surface area contributed by atoms with E-state index in [1.54, 1.807) is 12.1 Å². The molecule has 0 spiro atoms. The zero-order valence-electron chi connectivity index (χ0n) is 77.1. The van der Waals surface area contributed by atoms with E-state index < -0.39 is 137 Å². The molecular weight excluding hydrogens is 2050 g/mol. The molecule has 7 amide bonds. The summed E-state index contributed by atoms with van der Waals surface area (Å²) in [4.78, 5) is 153. The van der Waals surface area contributed by atoms with E-state index in [0.717, 1.165) is 156 Å². The first-order valence-corrected chi connectivity index (χ1v) is 48.4. The molecule has 0 aromatic heterocycles. The van der Waals surface area contributed by atoms with Gasteiger partial charge in [0.15, 0.2) is 24.4 Å². The summed E-state index contributed by atoms with van der Waals surface area (Å²) in [6.07, 6.45) is -7.49. The zero-order chi connectivity index (χ0) is 101. The van der Waals surface area contributed by atoms with Crippen LogP contribution in [0.1, 0.15) is 157 Å². The summed E-state index contributed by atoms with van der Waals surface area (Å²) in [6.45, 7) is 9.01. The largest absolute Gasteiger partial charge is 0.478 e. The number of amides is 7. The fourth-order valence-electron chi connectivity index (χ4n) is 16.8. The predicted molar refractivity (Wildman–Crippen MR) is 527 cm³/mol. The van der Waals surface area contributed by atoms with Crippen LogP contribution in [0, 0.1) is 18.3 Å². The molecule has 0 unspecified atom stereocenters. The van der Waals surface area contributed by atoms with E-state index in [2.05, 4.69) is 116 Å². The number of rotatable bonds is 24. The number of aryl methyl sites for hydroxylation is 1. The van der Waals surface area contributed by atoms with Crippen LogP contribution in [-0.4, -0.2) is 165 Å². The van der Waals surface area contributed by atoms with Crippen molar-refractivity contribution in [1.29, 1.82) is 5.26 Å². The number of aliphatic carboxylic acids is 1. The van der Waals surface area contributed by atoms with Crippen LogP contribution in [0.5, 0.6) is 0 Å². The molecule has 10 N–H and O–H groups in total. The topological polar surface area (TPSA) is 442 Å². The van der Waals surface area contributed by atoms with Crippen LogP contribution in [0.25, 0.3) is 11.1 Å². The Balaban J connectivity index is 0.000000148. The number of nitrogens with one attached hydrogen (secondary N) is 3. The first-order valence-electron chi connectivity index (χ1n) is 45.2. The van der Waals surface area contributed by atoms with Crippen molar-refractivity contribution in [3.8, 4) is 17.2 Å².